The van der Waals surface area contributed by atoms with Crippen molar-refractivity contribution in [3.05, 3.63) is 82.1 Å². The van der Waals surface area contributed by atoms with E-state index in [-0.39, 0.29) is 11.9 Å². The topological polar surface area (TPSA) is 47.4 Å². The highest BCUT2D eigenvalue weighted by Gasteiger charge is 2.31. The van der Waals surface area contributed by atoms with Crippen molar-refractivity contribution in [2.45, 2.75) is 25.3 Å². The summed E-state index contributed by atoms with van der Waals surface area (Å²) in [5.41, 5.74) is 4.71. The number of fused-ring (bicyclic) bond motifs is 1. The monoisotopic (exact) mass is 409 g/mol. The van der Waals surface area contributed by atoms with Gasteiger partial charge in [-0.15, -0.1) is 0 Å². The molecule has 3 aromatic rings. The Morgan fingerprint density at radius 1 is 1.17 bits per heavy atom. The van der Waals surface area contributed by atoms with Crippen LogP contribution in [0.4, 0.5) is 0 Å². The molecule has 0 aliphatic heterocycles. The molecule has 0 spiro atoms. The molecule has 0 bridgehead atoms. The molecule has 2 aromatic carbocycles. The van der Waals surface area contributed by atoms with Gasteiger partial charge in [0, 0.05) is 30.4 Å². The quantitative estimate of drug-likeness (QED) is 0.603. The van der Waals surface area contributed by atoms with Crippen LogP contribution in [0.5, 0.6) is 0 Å². The Kier molecular flexibility index (Phi) is 5.69. The van der Waals surface area contributed by atoms with Crippen LogP contribution in [-0.2, 0) is 17.6 Å². The molecule has 1 aliphatic carbocycles. The first-order chi connectivity index (χ1) is 14.1. The normalized spacial score (nSPS) is 13.9. The zero-order valence-electron chi connectivity index (χ0n) is 16.6. The van der Waals surface area contributed by atoms with Crippen LogP contribution in [-0.4, -0.2) is 41.4 Å². The predicted molar refractivity (Wildman–Crippen MR) is 114 cm³/mol. The van der Waals surface area contributed by atoms with Crippen molar-refractivity contribution < 1.29 is 9.53 Å². The van der Waals surface area contributed by atoms with Crippen LogP contribution in [0.3, 0.4) is 0 Å². The summed E-state index contributed by atoms with van der Waals surface area (Å²) in [4.78, 5) is 15.2. The Labute approximate surface area is 175 Å². The fourth-order valence-electron chi connectivity index (χ4n) is 3.97. The Bertz CT molecular complexity index is 999. The smallest absolute Gasteiger partial charge is 0.275 e. The fraction of sp³-hybridized carbons (Fsp3) is 0.304. The van der Waals surface area contributed by atoms with Gasteiger partial charge in [-0.2, -0.15) is 5.10 Å². The Morgan fingerprint density at radius 3 is 2.59 bits per heavy atom. The number of rotatable bonds is 6. The fourth-order valence-corrected chi connectivity index (χ4v) is 4.10. The van der Waals surface area contributed by atoms with Crippen LogP contribution in [0.25, 0.3) is 5.69 Å². The molecule has 1 amide bonds. The standard InChI is InChI=1S/C23H24ClN3O2/c1-26(21(15-29-2)16-11-13-17(24)14-12-16)23(28)22-19-9-6-10-20(19)27(25-22)18-7-4-3-5-8-18/h3-5,7-8,11-14,21H,6,9-10,15H2,1-2H3/t21-/m0/s1. The molecule has 4 rings (SSSR count). The van der Waals surface area contributed by atoms with Gasteiger partial charge in [0.05, 0.1) is 18.3 Å². The van der Waals surface area contributed by atoms with Gasteiger partial charge in [0.2, 0.25) is 0 Å². The van der Waals surface area contributed by atoms with Gasteiger partial charge >= 0.3 is 0 Å². The maximum Gasteiger partial charge on any atom is 0.275 e. The highest BCUT2D eigenvalue weighted by Crippen LogP contribution is 2.30. The van der Waals surface area contributed by atoms with E-state index < -0.39 is 0 Å². The number of methoxy groups -OCH3 is 1. The summed E-state index contributed by atoms with van der Waals surface area (Å²) in [6, 6.07) is 17.3. The summed E-state index contributed by atoms with van der Waals surface area (Å²) in [7, 11) is 3.45. The lowest BCUT2D eigenvalue weighted by atomic mass is 10.1. The van der Waals surface area contributed by atoms with Gasteiger partial charge in [-0.1, -0.05) is 41.9 Å². The van der Waals surface area contributed by atoms with Gasteiger partial charge in [0.25, 0.3) is 5.91 Å². The highest BCUT2D eigenvalue weighted by molar-refractivity contribution is 6.30. The van der Waals surface area contributed by atoms with Crippen LogP contribution in [0.2, 0.25) is 5.02 Å². The van der Waals surface area contributed by atoms with E-state index in [4.69, 9.17) is 21.4 Å². The van der Waals surface area contributed by atoms with Crippen LogP contribution in [0.1, 0.15) is 39.8 Å². The average molecular weight is 410 g/mol. The minimum Gasteiger partial charge on any atom is -0.382 e. The number of carbonyl (C=O) groups is 1. The summed E-state index contributed by atoms with van der Waals surface area (Å²) in [5.74, 6) is -0.0881. The van der Waals surface area contributed by atoms with Crippen molar-refractivity contribution in [1.82, 2.24) is 14.7 Å². The lowest BCUT2D eigenvalue weighted by Gasteiger charge is -2.28. The zero-order chi connectivity index (χ0) is 20.4. The lowest BCUT2D eigenvalue weighted by Crippen LogP contribution is -2.34. The van der Waals surface area contributed by atoms with E-state index in [1.54, 1.807) is 12.0 Å². The van der Waals surface area contributed by atoms with E-state index in [9.17, 15) is 4.79 Å². The summed E-state index contributed by atoms with van der Waals surface area (Å²) < 4.78 is 7.34. The van der Waals surface area contributed by atoms with Crippen LogP contribution in [0.15, 0.2) is 54.6 Å². The summed E-state index contributed by atoms with van der Waals surface area (Å²) in [6.07, 6.45) is 2.86. The van der Waals surface area contributed by atoms with E-state index in [1.165, 1.54) is 0 Å². The number of benzene rings is 2. The van der Waals surface area contributed by atoms with Gasteiger partial charge in [-0.3, -0.25) is 4.79 Å². The number of hydrogen-bond donors (Lipinski definition) is 0. The second-order valence-electron chi connectivity index (χ2n) is 7.31. The number of nitrogens with zero attached hydrogens (tertiary/aromatic N) is 3. The molecule has 0 saturated heterocycles. The van der Waals surface area contributed by atoms with Crippen molar-refractivity contribution in [1.29, 1.82) is 0 Å². The largest absolute Gasteiger partial charge is 0.382 e. The third-order valence-electron chi connectivity index (χ3n) is 5.50. The summed E-state index contributed by atoms with van der Waals surface area (Å²) >= 11 is 6.03. The number of hydrogen-bond acceptors (Lipinski definition) is 3. The average Bonchev–Trinajstić information content (AvgIpc) is 3.35. The van der Waals surface area contributed by atoms with Crippen LogP contribution < -0.4 is 0 Å². The Balaban J connectivity index is 1.69. The van der Waals surface area contributed by atoms with Gasteiger partial charge in [0.1, 0.15) is 0 Å². The zero-order valence-corrected chi connectivity index (χ0v) is 17.4. The molecule has 0 fully saturated rings. The molecule has 1 aromatic heterocycles. The minimum absolute atomic E-state index is 0.0881. The SMILES string of the molecule is COC[C@@H](c1ccc(Cl)cc1)N(C)C(=O)c1nn(-c2ccccc2)c2c1CCC2. The van der Waals surface area contributed by atoms with Gasteiger partial charge in [-0.05, 0) is 49.1 Å². The first-order valence-corrected chi connectivity index (χ1v) is 10.2. The molecule has 5 nitrogen and oxygen atoms in total. The maximum atomic E-state index is 13.5. The Morgan fingerprint density at radius 2 is 1.90 bits per heavy atom. The van der Waals surface area contributed by atoms with Gasteiger partial charge < -0.3 is 9.64 Å². The number of halogens is 1. The molecular formula is C23H24ClN3O2. The van der Waals surface area contributed by atoms with Crippen LogP contribution >= 0.6 is 11.6 Å². The van der Waals surface area contributed by atoms with Crippen LogP contribution in [0, 0.1) is 0 Å². The van der Waals surface area contributed by atoms with Crippen molar-refractivity contribution in [3.63, 3.8) is 0 Å². The number of para-hydroxylation sites is 1. The van der Waals surface area contributed by atoms with Gasteiger partial charge in [-0.25, -0.2) is 4.68 Å². The van der Waals surface area contributed by atoms with Crippen molar-refractivity contribution in [2.75, 3.05) is 20.8 Å². The first kappa shape index (κ1) is 19.7. The van der Waals surface area contributed by atoms with E-state index >= 15 is 0 Å². The van der Waals surface area contributed by atoms with E-state index in [0.29, 0.717) is 17.3 Å². The number of aromatic nitrogens is 2. The third kappa shape index (κ3) is 3.80. The minimum atomic E-state index is -0.219. The van der Waals surface area contributed by atoms with Crippen molar-refractivity contribution in [3.8, 4) is 5.69 Å². The second-order valence-corrected chi connectivity index (χ2v) is 7.75. The molecule has 150 valence electrons. The predicted octanol–water partition coefficient (Wildman–Crippen LogP) is 4.47. The number of carbonyl (C=O) groups excluding carboxylic acids is 1. The molecule has 0 N–H and O–H groups in total. The molecule has 29 heavy (non-hydrogen) atoms. The maximum absolute atomic E-state index is 13.5. The summed E-state index contributed by atoms with van der Waals surface area (Å²) in [5, 5.41) is 5.40. The molecule has 0 radical (unpaired) electrons. The molecular weight excluding hydrogens is 386 g/mol. The highest BCUT2D eigenvalue weighted by atomic mass is 35.5. The number of amides is 1. The first-order valence-electron chi connectivity index (χ1n) is 9.78. The molecule has 1 heterocycles. The summed E-state index contributed by atoms with van der Waals surface area (Å²) in [6.45, 7) is 0.394. The second kappa shape index (κ2) is 8.39. The molecule has 1 atom stereocenters. The van der Waals surface area contributed by atoms with E-state index in [1.807, 2.05) is 66.3 Å². The molecule has 6 heteroatoms. The third-order valence-corrected chi connectivity index (χ3v) is 5.75. The molecule has 0 unspecified atom stereocenters. The van der Waals surface area contributed by atoms with E-state index in [0.717, 1.165) is 41.8 Å². The number of ether oxygens (including phenoxy) is 1. The number of likely N-dealkylation sites (N-methyl/N-ethyl adjacent to an activating group) is 1. The Hall–Kier alpha value is -2.63. The van der Waals surface area contributed by atoms with E-state index in [2.05, 4.69) is 0 Å². The van der Waals surface area contributed by atoms with Crippen molar-refractivity contribution in [2.24, 2.45) is 0 Å². The lowest BCUT2D eigenvalue weighted by molar-refractivity contribution is 0.0595. The molecule has 0 saturated carbocycles. The van der Waals surface area contributed by atoms with Crippen molar-refractivity contribution >= 4 is 17.5 Å². The van der Waals surface area contributed by atoms with Gasteiger partial charge in [0.15, 0.2) is 5.69 Å². The molecule has 1 aliphatic rings.